The van der Waals surface area contributed by atoms with Crippen molar-refractivity contribution in [2.24, 2.45) is 0 Å². The number of hydrogen-bond acceptors (Lipinski definition) is 5. The minimum Gasteiger partial charge on any atom is -0.473 e. The summed E-state index contributed by atoms with van der Waals surface area (Å²) in [7, 11) is 0. The third-order valence-corrected chi connectivity index (χ3v) is 7.94. The van der Waals surface area contributed by atoms with Gasteiger partial charge < -0.3 is 24.9 Å². The van der Waals surface area contributed by atoms with E-state index < -0.39 is 11.9 Å². The summed E-state index contributed by atoms with van der Waals surface area (Å²) in [6.07, 6.45) is 11.8. The Morgan fingerprint density at radius 1 is 0.769 bits per heavy atom. The molecule has 0 bridgehead atoms. The van der Waals surface area contributed by atoms with E-state index in [1.54, 1.807) is 29.2 Å². The van der Waals surface area contributed by atoms with Crippen molar-refractivity contribution < 1.29 is 29.4 Å². The number of carboxylic acids is 2. The standard InChI is InChI=1S/C27H42ClN3O2.C2H2O4/c1-3-29(4-2)19-20-30(27(33)22-15-17-23(28)18-16-22)21-26(32)31(24-11-7-5-8-12-24)25-13-9-6-10-14-25;3-1(4)2(5)6/h15-18,24-25H,3-14,19-21H2,1-2H3;(H,3,4)(H,5,6). The van der Waals surface area contributed by atoms with Crippen molar-refractivity contribution in [1.82, 2.24) is 14.7 Å². The lowest BCUT2D eigenvalue weighted by Crippen LogP contribution is -2.53. The van der Waals surface area contributed by atoms with Crippen molar-refractivity contribution in [3.05, 3.63) is 34.9 Å². The molecule has 1 aromatic rings. The van der Waals surface area contributed by atoms with Crippen molar-refractivity contribution in [3.8, 4) is 0 Å². The van der Waals surface area contributed by atoms with Gasteiger partial charge in [-0.15, -0.1) is 0 Å². The molecule has 2 N–H and O–H groups in total. The van der Waals surface area contributed by atoms with Gasteiger partial charge in [0.1, 0.15) is 6.54 Å². The van der Waals surface area contributed by atoms with Crippen LogP contribution in [0.25, 0.3) is 0 Å². The summed E-state index contributed by atoms with van der Waals surface area (Å²) < 4.78 is 0. The van der Waals surface area contributed by atoms with E-state index in [0.29, 0.717) is 29.2 Å². The fourth-order valence-corrected chi connectivity index (χ4v) is 5.62. The van der Waals surface area contributed by atoms with E-state index in [1.165, 1.54) is 38.5 Å². The second kappa shape index (κ2) is 17.1. The number of carbonyl (C=O) groups excluding carboxylic acids is 2. The molecule has 2 aliphatic rings. The van der Waals surface area contributed by atoms with E-state index in [1.807, 2.05) is 0 Å². The zero-order valence-electron chi connectivity index (χ0n) is 23.3. The molecule has 0 aliphatic heterocycles. The van der Waals surface area contributed by atoms with Gasteiger partial charge in [-0.1, -0.05) is 64.0 Å². The van der Waals surface area contributed by atoms with Crippen LogP contribution in [0.1, 0.15) is 88.4 Å². The highest BCUT2D eigenvalue weighted by Gasteiger charge is 2.34. The maximum Gasteiger partial charge on any atom is 0.414 e. The third kappa shape index (κ3) is 10.8. The van der Waals surface area contributed by atoms with E-state index >= 15 is 0 Å². The Labute approximate surface area is 237 Å². The first kappa shape index (κ1) is 32.6. The number of hydrogen-bond donors (Lipinski definition) is 2. The molecule has 0 saturated heterocycles. The number of likely N-dealkylation sites (N-methyl/N-ethyl adjacent to an activating group) is 1. The molecule has 1 aromatic carbocycles. The van der Waals surface area contributed by atoms with Crippen LogP contribution >= 0.6 is 11.6 Å². The molecule has 0 heterocycles. The Morgan fingerprint density at radius 3 is 1.64 bits per heavy atom. The van der Waals surface area contributed by atoms with Crippen molar-refractivity contribution >= 4 is 35.4 Å². The Morgan fingerprint density at radius 2 is 1.23 bits per heavy atom. The number of carboxylic acid groups (broad SMARTS) is 2. The molecule has 3 rings (SSSR count). The number of carbonyl (C=O) groups is 4. The van der Waals surface area contributed by atoms with Crippen LogP contribution in [-0.2, 0) is 14.4 Å². The topological polar surface area (TPSA) is 118 Å². The molecule has 2 amide bonds. The van der Waals surface area contributed by atoms with Crippen molar-refractivity contribution in [3.63, 3.8) is 0 Å². The molecule has 2 saturated carbocycles. The highest BCUT2D eigenvalue weighted by Crippen LogP contribution is 2.30. The maximum atomic E-state index is 13.8. The van der Waals surface area contributed by atoms with E-state index in [4.69, 9.17) is 31.4 Å². The highest BCUT2D eigenvalue weighted by atomic mass is 35.5. The summed E-state index contributed by atoms with van der Waals surface area (Å²) >= 11 is 6.04. The van der Waals surface area contributed by atoms with Crippen LogP contribution in [0.3, 0.4) is 0 Å². The minimum atomic E-state index is -1.82. The predicted octanol–water partition coefficient (Wildman–Crippen LogP) is 4.77. The van der Waals surface area contributed by atoms with Gasteiger partial charge in [-0.25, -0.2) is 9.59 Å². The number of aliphatic carboxylic acids is 2. The number of halogens is 1. The summed E-state index contributed by atoms with van der Waals surface area (Å²) in [6.45, 7) is 7.62. The van der Waals surface area contributed by atoms with Gasteiger partial charge in [0, 0.05) is 35.8 Å². The zero-order valence-corrected chi connectivity index (χ0v) is 24.1. The summed E-state index contributed by atoms with van der Waals surface area (Å²) in [5.41, 5.74) is 0.591. The Kier molecular flexibility index (Phi) is 14.3. The van der Waals surface area contributed by atoms with Gasteiger partial charge in [0.05, 0.1) is 0 Å². The normalized spacial score (nSPS) is 16.2. The van der Waals surface area contributed by atoms with Gasteiger partial charge in [0.15, 0.2) is 0 Å². The van der Waals surface area contributed by atoms with Crippen LogP contribution in [0.5, 0.6) is 0 Å². The van der Waals surface area contributed by atoms with E-state index in [9.17, 15) is 9.59 Å². The van der Waals surface area contributed by atoms with Crippen molar-refractivity contribution in [1.29, 1.82) is 0 Å². The van der Waals surface area contributed by atoms with Gasteiger partial charge in [-0.3, -0.25) is 9.59 Å². The molecule has 0 spiro atoms. The molecule has 218 valence electrons. The third-order valence-electron chi connectivity index (χ3n) is 7.69. The molecular weight excluding hydrogens is 522 g/mol. The molecule has 0 aromatic heterocycles. The van der Waals surface area contributed by atoms with E-state index in [2.05, 4.69) is 23.6 Å². The lowest BCUT2D eigenvalue weighted by molar-refractivity contribution is -0.159. The molecule has 0 radical (unpaired) electrons. The van der Waals surface area contributed by atoms with Gasteiger partial charge in [-0.05, 0) is 63.0 Å². The first-order chi connectivity index (χ1) is 18.7. The molecule has 9 nitrogen and oxygen atoms in total. The SMILES string of the molecule is CCN(CC)CCN(CC(=O)N(C1CCCCC1)C1CCCCC1)C(=O)c1ccc(Cl)cc1.O=C(O)C(=O)O. The van der Waals surface area contributed by atoms with Crippen LogP contribution in [0.2, 0.25) is 5.02 Å². The molecule has 0 unspecified atom stereocenters. The summed E-state index contributed by atoms with van der Waals surface area (Å²) in [6, 6.07) is 7.69. The predicted molar refractivity (Wildman–Crippen MR) is 151 cm³/mol. The second-order valence-electron chi connectivity index (χ2n) is 10.3. The van der Waals surface area contributed by atoms with Crippen LogP contribution in [0.4, 0.5) is 0 Å². The van der Waals surface area contributed by atoms with Crippen LogP contribution in [0, 0.1) is 0 Å². The summed E-state index contributed by atoms with van der Waals surface area (Å²) in [5, 5.41) is 15.4. The van der Waals surface area contributed by atoms with Gasteiger partial charge in [0.2, 0.25) is 5.91 Å². The number of rotatable bonds is 10. The number of benzene rings is 1. The monoisotopic (exact) mass is 565 g/mol. The fraction of sp³-hybridized carbons (Fsp3) is 0.655. The van der Waals surface area contributed by atoms with Crippen molar-refractivity contribution in [2.45, 2.75) is 90.1 Å². The minimum absolute atomic E-state index is 0.0839. The molecular formula is C29H44ClN3O6. The van der Waals surface area contributed by atoms with Crippen molar-refractivity contribution in [2.75, 3.05) is 32.7 Å². The van der Waals surface area contributed by atoms with Crippen LogP contribution in [-0.4, -0.2) is 93.5 Å². The summed E-state index contributed by atoms with van der Waals surface area (Å²) in [5.74, 6) is -3.60. The quantitative estimate of drug-likeness (QED) is 0.392. The molecule has 2 fully saturated rings. The molecule has 2 aliphatic carbocycles. The lowest BCUT2D eigenvalue weighted by Gasteiger charge is -2.42. The molecule has 10 heteroatoms. The smallest absolute Gasteiger partial charge is 0.414 e. The van der Waals surface area contributed by atoms with E-state index in [-0.39, 0.29) is 18.4 Å². The number of nitrogens with zero attached hydrogens (tertiary/aromatic N) is 3. The molecule has 39 heavy (non-hydrogen) atoms. The van der Waals surface area contributed by atoms with Gasteiger partial charge >= 0.3 is 11.9 Å². The van der Waals surface area contributed by atoms with Gasteiger partial charge in [0.25, 0.3) is 5.91 Å². The maximum absolute atomic E-state index is 13.8. The Balaban J connectivity index is 0.000000798. The second-order valence-corrected chi connectivity index (χ2v) is 10.7. The Bertz CT molecular complexity index is 895. The first-order valence-electron chi connectivity index (χ1n) is 14.2. The molecule has 0 atom stereocenters. The Hall–Kier alpha value is -2.65. The lowest BCUT2D eigenvalue weighted by atomic mass is 9.88. The zero-order chi connectivity index (χ0) is 28.8. The van der Waals surface area contributed by atoms with Crippen LogP contribution in [0.15, 0.2) is 24.3 Å². The average Bonchev–Trinajstić information content (AvgIpc) is 2.94. The van der Waals surface area contributed by atoms with Crippen LogP contribution < -0.4 is 0 Å². The largest absolute Gasteiger partial charge is 0.473 e. The first-order valence-corrected chi connectivity index (χ1v) is 14.6. The van der Waals surface area contributed by atoms with Gasteiger partial charge in [-0.2, -0.15) is 0 Å². The van der Waals surface area contributed by atoms with E-state index in [0.717, 1.165) is 45.3 Å². The fourth-order valence-electron chi connectivity index (χ4n) is 5.50. The highest BCUT2D eigenvalue weighted by molar-refractivity contribution is 6.30. The average molecular weight is 566 g/mol. The summed E-state index contributed by atoms with van der Waals surface area (Å²) in [4.78, 5) is 51.8. The number of amides is 2.